The molecule has 1 amide bonds. The molecule has 2 aromatic rings. The van der Waals surface area contributed by atoms with Gasteiger partial charge in [-0.3, -0.25) is 4.79 Å². The molecule has 7 heteroatoms. The van der Waals surface area contributed by atoms with Crippen molar-refractivity contribution in [3.05, 3.63) is 62.8 Å². The predicted molar refractivity (Wildman–Crippen MR) is 115 cm³/mol. The summed E-state index contributed by atoms with van der Waals surface area (Å²) < 4.78 is 0. The molecule has 0 unspecified atom stereocenters. The first-order chi connectivity index (χ1) is 13.4. The lowest BCUT2D eigenvalue weighted by molar-refractivity contribution is -0.131. The summed E-state index contributed by atoms with van der Waals surface area (Å²) in [6.07, 6.45) is 0. The van der Waals surface area contributed by atoms with Crippen molar-refractivity contribution in [3.8, 4) is 6.07 Å². The maximum Gasteiger partial charge on any atom is 0.233 e. The number of para-hydroxylation sites is 1. The first-order valence-electron chi connectivity index (χ1n) is 9.06. The Labute approximate surface area is 173 Å². The minimum atomic E-state index is -1.50. The molecule has 1 aliphatic rings. The molecule has 0 aliphatic carbocycles. The fraction of sp³-hybridized carbons (Fsp3) is 0.333. The van der Waals surface area contributed by atoms with Crippen molar-refractivity contribution in [2.45, 2.75) is 32.4 Å². The van der Waals surface area contributed by atoms with Gasteiger partial charge in [0.1, 0.15) is 5.72 Å². The van der Waals surface area contributed by atoms with Crippen molar-refractivity contribution in [2.75, 3.05) is 11.1 Å². The van der Waals surface area contributed by atoms with E-state index in [0.717, 1.165) is 16.2 Å². The largest absolute Gasteiger partial charge is 0.370 e. The Morgan fingerprint density at radius 3 is 2.75 bits per heavy atom. The van der Waals surface area contributed by atoms with Gasteiger partial charge in [-0.2, -0.15) is 5.26 Å². The number of carbonyl (C=O) groups is 1. The van der Waals surface area contributed by atoms with Crippen molar-refractivity contribution in [1.82, 2.24) is 5.32 Å². The lowest BCUT2D eigenvalue weighted by Gasteiger charge is -2.43. The minimum absolute atomic E-state index is 0.321. The standard InChI is InChI=1S/C21H23N3O2S2/c1-4-27-20-14(12-22)17(16-10-7-11-28-16)18(21(3,26)24-20)19(25)23-15-9-6-5-8-13(15)2/h5-11,17-18,24,26H,4H2,1-3H3,(H,23,25)/t17-,18+,21-/m1/s1. The average molecular weight is 414 g/mol. The Hall–Kier alpha value is -2.27. The van der Waals surface area contributed by atoms with Gasteiger partial charge in [-0.1, -0.05) is 31.2 Å². The molecule has 5 nitrogen and oxygen atoms in total. The third kappa shape index (κ3) is 3.95. The van der Waals surface area contributed by atoms with Crippen LogP contribution in [0, 0.1) is 24.2 Å². The molecule has 1 aliphatic heterocycles. The Morgan fingerprint density at radius 1 is 1.39 bits per heavy atom. The highest BCUT2D eigenvalue weighted by molar-refractivity contribution is 8.03. The number of hydrogen-bond donors (Lipinski definition) is 3. The molecule has 1 aromatic carbocycles. The minimum Gasteiger partial charge on any atom is -0.370 e. The molecular weight excluding hydrogens is 390 g/mol. The lowest BCUT2D eigenvalue weighted by Crippen LogP contribution is -2.57. The summed E-state index contributed by atoms with van der Waals surface area (Å²) in [6, 6.07) is 13.6. The summed E-state index contributed by atoms with van der Waals surface area (Å²) in [7, 11) is 0. The highest BCUT2D eigenvalue weighted by atomic mass is 32.2. The molecule has 0 radical (unpaired) electrons. The van der Waals surface area contributed by atoms with Gasteiger partial charge in [0, 0.05) is 16.5 Å². The molecule has 3 atom stereocenters. The molecule has 0 saturated heterocycles. The number of thiophene rings is 1. The molecule has 0 spiro atoms. The number of aryl methyl sites for hydroxylation is 1. The van der Waals surface area contributed by atoms with E-state index < -0.39 is 17.6 Å². The van der Waals surface area contributed by atoms with Crippen LogP contribution in [0.15, 0.2) is 52.4 Å². The number of hydrogen-bond acceptors (Lipinski definition) is 6. The molecule has 146 valence electrons. The number of nitrogens with one attached hydrogen (secondary N) is 2. The first-order valence-corrected chi connectivity index (χ1v) is 10.9. The summed E-state index contributed by atoms with van der Waals surface area (Å²) in [6.45, 7) is 5.50. The van der Waals surface area contributed by atoms with Gasteiger partial charge < -0.3 is 15.7 Å². The van der Waals surface area contributed by atoms with Crippen molar-refractivity contribution in [3.63, 3.8) is 0 Å². The highest BCUT2D eigenvalue weighted by Crippen LogP contribution is 2.46. The Bertz CT molecular complexity index is 929. The second-order valence-corrected chi connectivity index (χ2v) is 9.09. The Morgan fingerprint density at radius 2 is 2.14 bits per heavy atom. The van der Waals surface area contributed by atoms with Gasteiger partial charge in [0.2, 0.25) is 5.91 Å². The Kier molecular flexibility index (Phi) is 6.14. The van der Waals surface area contributed by atoms with Crippen molar-refractivity contribution in [1.29, 1.82) is 5.26 Å². The third-order valence-corrected chi connectivity index (χ3v) is 6.66. The van der Waals surface area contributed by atoms with Gasteiger partial charge in [-0.15, -0.1) is 23.1 Å². The van der Waals surface area contributed by atoms with Gasteiger partial charge in [0.25, 0.3) is 0 Å². The number of allylic oxidation sites excluding steroid dienone is 1. The van der Waals surface area contributed by atoms with E-state index in [1.54, 1.807) is 6.92 Å². The van der Waals surface area contributed by atoms with Crippen LogP contribution >= 0.6 is 23.1 Å². The van der Waals surface area contributed by atoms with E-state index in [2.05, 4.69) is 16.7 Å². The van der Waals surface area contributed by atoms with Gasteiger partial charge in [0.15, 0.2) is 0 Å². The summed E-state index contributed by atoms with van der Waals surface area (Å²) in [5.74, 6) is -0.944. The number of carbonyl (C=O) groups excluding carboxylic acids is 1. The van der Waals surface area contributed by atoms with Crippen molar-refractivity contribution in [2.24, 2.45) is 5.92 Å². The summed E-state index contributed by atoms with van der Waals surface area (Å²) in [5, 5.41) is 29.6. The SMILES string of the molecule is CCSC1=C(C#N)[C@H](c2cccs2)[C@@H](C(=O)Nc2ccccc2C)[C@@](C)(O)N1. The smallest absolute Gasteiger partial charge is 0.233 e. The van der Waals surface area contributed by atoms with E-state index in [-0.39, 0.29) is 5.91 Å². The van der Waals surface area contributed by atoms with Crippen LogP contribution in [0.5, 0.6) is 0 Å². The number of anilines is 1. The molecule has 0 bridgehead atoms. The number of benzene rings is 1. The molecule has 1 aromatic heterocycles. The molecular formula is C21H23N3O2S2. The zero-order chi connectivity index (χ0) is 20.3. The maximum atomic E-state index is 13.3. The van der Waals surface area contributed by atoms with Crippen molar-refractivity contribution < 1.29 is 9.90 Å². The highest BCUT2D eigenvalue weighted by Gasteiger charge is 2.50. The van der Waals surface area contributed by atoms with Crippen LogP contribution in [-0.2, 0) is 4.79 Å². The number of nitrogens with zero attached hydrogens (tertiary/aromatic N) is 1. The van der Waals surface area contributed by atoms with E-state index in [1.165, 1.54) is 23.1 Å². The average Bonchev–Trinajstić information content (AvgIpc) is 3.17. The number of amides is 1. The van der Waals surface area contributed by atoms with Crippen LogP contribution in [0.1, 0.15) is 30.2 Å². The molecule has 28 heavy (non-hydrogen) atoms. The molecule has 0 fully saturated rings. The number of aliphatic hydroxyl groups is 1. The quantitative estimate of drug-likeness (QED) is 0.684. The second kappa shape index (κ2) is 8.39. The van der Waals surface area contributed by atoms with Crippen molar-refractivity contribution >= 4 is 34.7 Å². The maximum absolute atomic E-state index is 13.3. The van der Waals surface area contributed by atoms with Crippen LogP contribution in [-0.4, -0.2) is 22.5 Å². The number of rotatable bonds is 5. The summed E-state index contributed by atoms with van der Waals surface area (Å²) >= 11 is 2.95. The summed E-state index contributed by atoms with van der Waals surface area (Å²) in [4.78, 5) is 14.2. The lowest BCUT2D eigenvalue weighted by atomic mass is 9.76. The third-order valence-electron chi connectivity index (χ3n) is 4.81. The van der Waals surface area contributed by atoms with E-state index in [4.69, 9.17) is 0 Å². The zero-order valence-corrected chi connectivity index (χ0v) is 17.7. The van der Waals surface area contributed by atoms with Crippen LogP contribution in [0.2, 0.25) is 0 Å². The van der Waals surface area contributed by atoms with E-state index >= 15 is 0 Å². The molecule has 3 N–H and O–H groups in total. The monoisotopic (exact) mass is 413 g/mol. The van der Waals surface area contributed by atoms with Gasteiger partial charge in [0.05, 0.1) is 22.6 Å². The van der Waals surface area contributed by atoms with Gasteiger partial charge in [-0.25, -0.2) is 0 Å². The number of thioether (sulfide) groups is 1. The summed E-state index contributed by atoms with van der Waals surface area (Å²) in [5.41, 5.74) is 0.625. The predicted octanol–water partition coefficient (Wildman–Crippen LogP) is 4.20. The van der Waals surface area contributed by atoms with Crippen LogP contribution in [0.3, 0.4) is 0 Å². The van der Waals surface area contributed by atoms with Gasteiger partial charge in [-0.05, 0) is 42.7 Å². The van der Waals surface area contributed by atoms with Crippen LogP contribution in [0.25, 0.3) is 0 Å². The topological polar surface area (TPSA) is 85.2 Å². The fourth-order valence-electron chi connectivity index (χ4n) is 3.49. The van der Waals surface area contributed by atoms with Gasteiger partial charge >= 0.3 is 0 Å². The van der Waals surface area contributed by atoms with E-state index in [9.17, 15) is 15.2 Å². The van der Waals surface area contributed by atoms with Crippen LogP contribution in [0.4, 0.5) is 5.69 Å². The van der Waals surface area contributed by atoms with Crippen LogP contribution < -0.4 is 10.6 Å². The Balaban J connectivity index is 2.07. The molecule has 2 heterocycles. The fourth-order valence-corrected chi connectivity index (χ4v) is 5.26. The molecule has 3 rings (SSSR count). The first kappa shape index (κ1) is 20.5. The van der Waals surface area contributed by atoms with E-state index in [1.807, 2.05) is 55.6 Å². The second-order valence-electron chi connectivity index (χ2n) is 6.84. The number of nitriles is 1. The zero-order valence-electron chi connectivity index (χ0n) is 16.0. The molecule has 0 saturated carbocycles. The van der Waals surface area contributed by atoms with E-state index in [0.29, 0.717) is 16.3 Å². The normalized spacial score (nSPS) is 24.4.